The number of nitrogens with one attached hydrogen (secondary N) is 1. The van der Waals surface area contributed by atoms with Crippen LogP contribution in [0.4, 0.5) is 0 Å². The molecule has 122 valence electrons. The van der Waals surface area contributed by atoms with E-state index in [1.165, 1.54) is 12.1 Å². The van der Waals surface area contributed by atoms with E-state index in [4.69, 9.17) is 11.5 Å². The quantitative estimate of drug-likeness (QED) is 0.641. The van der Waals surface area contributed by atoms with Crippen LogP contribution in [0.3, 0.4) is 0 Å². The third-order valence-corrected chi connectivity index (χ3v) is 4.33. The normalized spacial score (nSPS) is 14.1. The van der Waals surface area contributed by atoms with Crippen molar-refractivity contribution in [2.24, 2.45) is 11.5 Å². The molecule has 7 nitrogen and oxygen atoms in total. The Balaban J connectivity index is 2.66. The Morgan fingerprint density at radius 1 is 1.23 bits per heavy atom. The molecule has 1 aromatic carbocycles. The van der Waals surface area contributed by atoms with Crippen molar-refractivity contribution in [3.05, 3.63) is 29.8 Å². The first-order chi connectivity index (χ1) is 10.1. The summed E-state index contributed by atoms with van der Waals surface area (Å²) in [5.41, 5.74) is 11.4. The molecule has 2 atom stereocenters. The lowest BCUT2D eigenvalue weighted by atomic mass is 10.1. The molecule has 0 saturated heterocycles. The minimum Gasteiger partial charge on any atom is -0.370 e. The highest BCUT2D eigenvalue weighted by Crippen LogP contribution is 2.16. The van der Waals surface area contributed by atoms with Gasteiger partial charge in [-0.05, 0) is 31.0 Å². The largest absolute Gasteiger partial charge is 0.370 e. The van der Waals surface area contributed by atoms with Crippen molar-refractivity contribution < 1.29 is 18.0 Å². The molecule has 0 saturated carbocycles. The smallest absolute Gasteiger partial charge is 0.237 e. The number of hydrogen-bond donors (Lipinski definition) is 3. The molecule has 22 heavy (non-hydrogen) atoms. The van der Waals surface area contributed by atoms with Crippen LogP contribution < -0.4 is 16.8 Å². The Hall–Kier alpha value is -1.93. The van der Waals surface area contributed by atoms with Gasteiger partial charge >= 0.3 is 0 Å². The molecule has 0 aliphatic carbocycles. The number of rotatable bonds is 7. The van der Waals surface area contributed by atoms with Crippen LogP contribution >= 0.6 is 0 Å². The molecule has 0 aliphatic heterocycles. The number of carbonyl (C=O) groups excluding carboxylic acids is 2. The zero-order valence-corrected chi connectivity index (χ0v) is 13.4. The van der Waals surface area contributed by atoms with E-state index in [1.54, 1.807) is 19.1 Å². The second-order valence-electron chi connectivity index (χ2n) is 5.18. The molecule has 0 bridgehead atoms. The maximum atomic E-state index is 11.9. The van der Waals surface area contributed by atoms with Gasteiger partial charge in [0.05, 0.1) is 17.0 Å². The SMILES string of the molecule is CC(NC(=O)C(N)CCC(N)=O)c1ccc(S(C)(=O)=O)cc1. The maximum absolute atomic E-state index is 11.9. The van der Waals surface area contributed by atoms with Gasteiger partial charge in [0.1, 0.15) is 0 Å². The zero-order valence-electron chi connectivity index (χ0n) is 12.6. The summed E-state index contributed by atoms with van der Waals surface area (Å²) < 4.78 is 22.8. The van der Waals surface area contributed by atoms with E-state index in [2.05, 4.69) is 5.32 Å². The molecular formula is C14H21N3O4S. The fourth-order valence-corrected chi connectivity index (χ4v) is 2.47. The van der Waals surface area contributed by atoms with Crippen molar-refractivity contribution in [1.29, 1.82) is 0 Å². The van der Waals surface area contributed by atoms with Gasteiger partial charge in [-0.15, -0.1) is 0 Å². The number of sulfone groups is 1. The summed E-state index contributed by atoms with van der Waals surface area (Å²) in [5, 5.41) is 2.71. The van der Waals surface area contributed by atoms with Gasteiger partial charge < -0.3 is 16.8 Å². The predicted molar refractivity (Wildman–Crippen MR) is 82.5 cm³/mol. The van der Waals surface area contributed by atoms with E-state index in [-0.39, 0.29) is 29.7 Å². The van der Waals surface area contributed by atoms with Gasteiger partial charge in [-0.2, -0.15) is 0 Å². The molecule has 0 spiro atoms. The number of hydrogen-bond acceptors (Lipinski definition) is 5. The number of benzene rings is 1. The average molecular weight is 327 g/mol. The summed E-state index contributed by atoms with van der Waals surface area (Å²) in [4.78, 5) is 22.8. The minimum atomic E-state index is -3.25. The predicted octanol–water partition coefficient (Wildman–Crippen LogP) is -0.140. The highest BCUT2D eigenvalue weighted by atomic mass is 32.2. The fraction of sp³-hybridized carbons (Fsp3) is 0.429. The molecule has 1 aromatic rings. The highest BCUT2D eigenvalue weighted by molar-refractivity contribution is 7.90. The van der Waals surface area contributed by atoms with Crippen LogP contribution in [-0.2, 0) is 19.4 Å². The lowest BCUT2D eigenvalue weighted by molar-refractivity contribution is -0.123. The molecule has 8 heteroatoms. The number of carbonyl (C=O) groups is 2. The highest BCUT2D eigenvalue weighted by Gasteiger charge is 2.17. The van der Waals surface area contributed by atoms with Gasteiger partial charge in [0.2, 0.25) is 11.8 Å². The van der Waals surface area contributed by atoms with Crippen LogP contribution in [0.1, 0.15) is 31.4 Å². The lowest BCUT2D eigenvalue weighted by Crippen LogP contribution is -2.42. The maximum Gasteiger partial charge on any atom is 0.237 e. The molecule has 0 fully saturated rings. The van der Waals surface area contributed by atoms with Crippen LogP contribution in [0.15, 0.2) is 29.2 Å². The molecule has 0 aliphatic rings. The van der Waals surface area contributed by atoms with Crippen LogP contribution in [0, 0.1) is 0 Å². The van der Waals surface area contributed by atoms with E-state index in [0.717, 1.165) is 11.8 Å². The zero-order chi connectivity index (χ0) is 16.9. The van der Waals surface area contributed by atoms with Crippen LogP contribution in [-0.4, -0.2) is 32.5 Å². The number of primary amides is 1. The third-order valence-electron chi connectivity index (χ3n) is 3.21. The summed E-state index contributed by atoms with van der Waals surface area (Å²) in [6.45, 7) is 1.76. The first-order valence-electron chi connectivity index (χ1n) is 6.75. The van der Waals surface area contributed by atoms with Crippen molar-refractivity contribution in [2.75, 3.05) is 6.26 Å². The van der Waals surface area contributed by atoms with E-state index in [0.29, 0.717) is 0 Å². The number of nitrogens with two attached hydrogens (primary N) is 2. The Bertz CT molecular complexity index is 641. The minimum absolute atomic E-state index is 0.0476. The summed E-state index contributed by atoms with van der Waals surface area (Å²) >= 11 is 0. The van der Waals surface area contributed by atoms with Crippen molar-refractivity contribution >= 4 is 21.7 Å². The molecule has 1 rings (SSSR count). The van der Waals surface area contributed by atoms with Crippen molar-refractivity contribution in [2.45, 2.75) is 36.7 Å². The van der Waals surface area contributed by atoms with Gasteiger partial charge in [-0.25, -0.2) is 8.42 Å². The van der Waals surface area contributed by atoms with Gasteiger partial charge in [0.15, 0.2) is 9.84 Å². The second-order valence-corrected chi connectivity index (χ2v) is 7.20. The second kappa shape index (κ2) is 7.37. The first-order valence-corrected chi connectivity index (χ1v) is 8.64. The molecule has 0 heterocycles. The van der Waals surface area contributed by atoms with Gasteiger partial charge in [-0.3, -0.25) is 9.59 Å². The summed E-state index contributed by atoms with van der Waals surface area (Å²) in [5.74, 6) is -0.895. The average Bonchev–Trinajstić information content (AvgIpc) is 2.43. The molecule has 0 aromatic heterocycles. The summed E-state index contributed by atoms with van der Waals surface area (Å²) in [6.07, 6.45) is 1.36. The Labute approximate surface area is 130 Å². The number of amides is 2. The topological polar surface area (TPSA) is 132 Å². The molecule has 2 amide bonds. The lowest BCUT2D eigenvalue weighted by Gasteiger charge is -2.18. The van der Waals surface area contributed by atoms with Crippen molar-refractivity contribution in [3.63, 3.8) is 0 Å². The summed E-state index contributed by atoms with van der Waals surface area (Å²) in [6, 6.07) is 5.10. The van der Waals surface area contributed by atoms with E-state index < -0.39 is 21.8 Å². The van der Waals surface area contributed by atoms with Crippen LogP contribution in [0.2, 0.25) is 0 Å². The van der Waals surface area contributed by atoms with Crippen LogP contribution in [0.25, 0.3) is 0 Å². The molecule has 2 unspecified atom stereocenters. The van der Waals surface area contributed by atoms with E-state index in [9.17, 15) is 18.0 Å². The first kappa shape index (κ1) is 18.1. The standard InChI is InChI=1S/C14H21N3O4S/c1-9(17-14(19)12(15)7-8-13(16)18)10-3-5-11(6-4-10)22(2,20)21/h3-6,9,12H,7-8,15H2,1-2H3,(H2,16,18)(H,17,19). The Morgan fingerprint density at radius 2 is 1.77 bits per heavy atom. The van der Waals surface area contributed by atoms with E-state index in [1.807, 2.05) is 0 Å². The van der Waals surface area contributed by atoms with Crippen molar-refractivity contribution in [1.82, 2.24) is 5.32 Å². The fourth-order valence-electron chi connectivity index (χ4n) is 1.84. The van der Waals surface area contributed by atoms with Gasteiger partial charge in [0, 0.05) is 12.7 Å². The third kappa shape index (κ3) is 5.45. The van der Waals surface area contributed by atoms with Crippen LogP contribution in [0.5, 0.6) is 0 Å². The Morgan fingerprint density at radius 3 is 2.23 bits per heavy atom. The molecular weight excluding hydrogens is 306 g/mol. The van der Waals surface area contributed by atoms with Crippen molar-refractivity contribution in [3.8, 4) is 0 Å². The summed E-state index contributed by atoms with van der Waals surface area (Å²) in [7, 11) is -3.25. The van der Waals surface area contributed by atoms with E-state index >= 15 is 0 Å². The molecule has 5 N–H and O–H groups in total. The Kier molecular flexibility index (Phi) is 6.07. The monoisotopic (exact) mass is 327 g/mol. The molecule has 0 radical (unpaired) electrons. The van der Waals surface area contributed by atoms with Gasteiger partial charge in [0.25, 0.3) is 0 Å². The van der Waals surface area contributed by atoms with Gasteiger partial charge in [-0.1, -0.05) is 12.1 Å².